The van der Waals surface area contributed by atoms with E-state index in [0.717, 1.165) is 16.5 Å². The van der Waals surface area contributed by atoms with Crippen LogP contribution in [-0.4, -0.2) is 44.5 Å². The lowest BCUT2D eigenvalue weighted by Gasteiger charge is -2.09. The number of hydrogen-bond donors (Lipinski definition) is 2. The van der Waals surface area contributed by atoms with E-state index in [1.54, 1.807) is 18.0 Å². The molecule has 0 radical (unpaired) electrons. The topological polar surface area (TPSA) is 125 Å². The summed E-state index contributed by atoms with van der Waals surface area (Å²) in [5, 5.41) is 0.638. The number of methoxy groups -OCH3 is 1. The highest BCUT2D eigenvalue weighted by atomic mass is 32.2. The third-order valence-electron chi connectivity index (χ3n) is 3.76. The fraction of sp³-hybridized carbons (Fsp3) is 0.235. The molecule has 0 fully saturated rings. The highest BCUT2D eigenvalue weighted by Gasteiger charge is 2.15. The highest BCUT2D eigenvalue weighted by molar-refractivity contribution is 7.99. The van der Waals surface area contributed by atoms with E-state index < -0.39 is 7.37 Å². The number of rotatable bonds is 9. The van der Waals surface area contributed by atoms with Crippen molar-refractivity contribution in [1.29, 1.82) is 0 Å². The van der Waals surface area contributed by atoms with Crippen molar-refractivity contribution in [3.8, 4) is 5.75 Å². The lowest BCUT2D eigenvalue weighted by Crippen LogP contribution is -2.07. The number of nitrogen functional groups attached to an aromatic ring is 1. The summed E-state index contributed by atoms with van der Waals surface area (Å²) in [6.45, 7) is 3.93. The van der Waals surface area contributed by atoms with Crippen molar-refractivity contribution in [2.24, 2.45) is 0 Å². The predicted molar refractivity (Wildman–Crippen MR) is 108 cm³/mol. The van der Waals surface area contributed by atoms with E-state index in [0.29, 0.717) is 22.7 Å². The van der Waals surface area contributed by atoms with Crippen LogP contribution in [0.5, 0.6) is 5.75 Å². The van der Waals surface area contributed by atoms with E-state index in [1.807, 2.05) is 24.3 Å². The molecule has 0 spiro atoms. The highest BCUT2D eigenvalue weighted by Crippen LogP contribution is 2.41. The van der Waals surface area contributed by atoms with Gasteiger partial charge in [-0.05, 0) is 30.1 Å². The predicted octanol–water partition coefficient (Wildman–Crippen LogP) is 2.96. The second-order valence-electron chi connectivity index (χ2n) is 5.75. The Kier molecular flexibility index (Phi) is 6.35. The van der Waals surface area contributed by atoms with Crippen LogP contribution in [0.15, 0.2) is 52.9 Å². The molecule has 3 rings (SSSR count). The summed E-state index contributed by atoms with van der Waals surface area (Å²) in [5.74, 6) is 1.92. The van der Waals surface area contributed by atoms with Gasteiger partial charge in [-0.15, -0.1) is 0 Å². The number of hydrogen-bond acceptors (Lipinski definition) is 8. The maximum Gasteiger partial charge on any atom is 0.246 e. The molecule has 2 aromatic heterocycles. The molecule has 2 heterocycles. The zero-order valence-electron chi connectivity index (χ0n) is 15.2. The average Bonchev–Trinajstić information content (AvgIpc) is 3.09. The molecule has 0 aliphatic carbocycles. The number of fused-ring (bicyclic) bond motifs is 1. The van der Waals surface area contributed by atoms with Gasteiger partial charge in [0.2, 0.25) is 13.3 Å². The Bertz CT molecular complexity index is 1020. The first-order valence-corrected chi connectivity index (χ1v) is 11.0. The monoisotopic (exact) mass is 421 g/mol. The molecule has 11 heteroatoms. The van der Waals surface area contributed by atoms with Gasteiger partial charge in [0.1, 0.15) is 22.6 Å². The van der Waals surface area contributed by atoms with Crippen LogP contribution in [0.3, 0.4) is 0 Å². The SMILES string of the molecule is C=CP(=O)(O)COCCn1cnc2c(Sc3ccc(OC)cc3)nc(N)nc21. The van der Waals surface area contributed by atoms with Gasteiger partial charge in [0.25, 0.3) is 0 Å². The van der Waals surface area contributed by atoms with Crippen molar-refractivity contribution < 1.29 is 18.9 Å². The van der Waals surface area contributed by atoms with Gasteiger partial charge >= 0.3 is 0 Å². The number of anilines is 1. The van der Waals surface area contributed by atoms with Crippen LogP contribution in [0.4, 0.5) is 5.95 Å². The molecular formula is C17H20N5O4PS. The van der Waals surface area contributed by atoms with Crippen molar-refractivity contribution in [1.82, 2.24) is 19.5 Å². The molecule has 0 bridgehead atoms. The van der Waals surface area contributed by atoms with E-state index in [2.05, 4.69) is 21.5 Å². The molecule has 0 saturated heterocycles. The maximum absolute atomic E-state index is 11.5. The summed E-state index contributed by atoms with van der Waals surface area (Å²) in [6, 6.07) is 7.57. The molecule has 0 saturated carbocycles. The molecule has 148 valence electrons. The Morgan fingerprint density at radius 3 is 2.79 bits per heavy atom. The largest absolute Gasteiger partial charge is 0.497 e. The Morgan fingerprint density at radius 1 is 1.36 bits per heavy atom. The van der Waals surface area contributed by atoms with Crippen LogP contribution >= 0.6 is 19.1 Å². The zero-order valence-corrected chi connectivity index (χ0v) is 16.9. The molecule has 1 atom stereocenters. The number of benzene rings is 1. The Hall–Kier alpha value is -2.39. The van der Waals surface area contributed by atoms with Gasteiger partial charge in [-0.1, -0.05) is 18.3 Å². The molecule has 3 N–H and O–H groups in total. The number of nitrogens with zero attached hydrogens (tertiary/aromatic N) is 4. The second kappa shape index (κ2) is 8.74. The molecule has 0 amide bonds. The van der Waals surface area contributed by atoms with E-state index in [9.17, 15) is 9.46 Å². The second-order valence-corrected chi connectivity index (χ2v) is 8.95. The first-order chi connectivity index (χ1) is 13.4. The smallest absolute Gasteiger partial charge is 0.246 e. The first-order valence-electron chi connectivity index (χ1n) is 8.25. The van der Waals surface area contributed by atoms with Gasteiger partial charge in [0, 0.05) is 11.4 Å². The fourth-order valence-corrected chi connectivity index (χ4v) is 3.71. The van der Waals surface area contributed by atoms with Crippen molar-refractivity contribution >= 4 is 36.2 Å². The van der Waals surface area contributed by atoms with Gasteiger partial charge in [0.15, 0.2) is 5.65 Å². The minimum Gasteiger partial charge on any atom is -0.497 e. The van der Waals surface area contributed by atoms with E-state index >= 15 is 0 Å². The van der Waals surface area contributed by atoms with Crippen LogP contribution in [-0.2, 0) is 15.8 Å². The van der Waals surface area contributed by atoms with Crippen molar-refractivity contribution in [2.75, 3.05) is 25.8 Å². The third-order valence-corrected chi connectivity index (χ3v) is 5.87. The van der Waals surface area contributed by atoms with Gasteiger partial charge in [-0.25, -0.2) is 9.97 Å². The van der Waals surface area contributed by atoms with Crippen molar-refractivity contribution in [2.45, 2.75) is 16.5 Å². The minimum atomic E-state index is -3.43. The molecule has 3 aromatic rings. The number of aromatic nitrogens is 4. The average molecular weight is 421 g/mol. The summed E-state index contributed by atoms with van der Waals surface area (Å²) in [5.41, 5.74) is 7.06. The van der Waals surface area contributed by atoms with Crippen LogP contribution in [0, 0.1) is 0 Å². The van der Waals surface area contributed by atoms with Crippen LogP contribution in [0.1, 0.15) is 0 Å². The first kappa shape index (κ1) is 20.3. The number of ether oxygens (including phenoxy) is 2. The molecular weight excluding hydrogens is 401 g/mol. The minimum absolute atomic E-state index is 0.137. The van der Waals surface area contributed by atoms with Crippen LogP contribution < -0.4 is 10.5 Å². The van der Waals surface area contributed by atoms with Crippen molar-refractivity contribution in [3.05, 3.63) is 43.0 Å². The lowest BCUT2D eigenvalue weighted by atomic mass is 10.3. The summed E-state index contributed by atoms with van der Waals surface area (Å²) in [6.07, 6.45) is 1.34. The normalized spacial score (nSPS) is 13.4. The Labute approximate surface area is 166 Å². The van der Waals surface area contributed by atoms with E-state index in [1.165, 1.54) is 11.8 Å². The third kappa shape index (κ3) is 4.90. The lowest BCUT2D eigenvalue weighted by molar-refractivity contribution is 0.161. The molecule has 1 unspecified atom stereocenters. The van der Waals surface area contributed by atoms with Crippen LogP contribution in [0.2, 0.25) is 0 Å². The summed E-state index contributed by atoms with van der Waals surface area (Å²) in [4.78, 5) is 23.4. The molecule has 0 aliphatic heterocycles. The molecule has 0 aliphatic rings. The zero-order chi connectivity index (χ0) is 20.1. The number of imidazole rings is 1. The summed E-state index contributed by atoms with van der Waals surface area (Å²) in [7, 11) is -1.81. The molecule has 28 heavy (non-hydrogen) atoms. The summed E-state index contributed by atoms with van der Waals surface area (Å²) < 4.78 is 23.7. The summed E-state index contributed by atoms with van der Waals surface area (Å²) >= 11 is 1.42. The molecule has 9 nitrogen and oxygen atoms in total. The van der Waals surface area contributed by atoms with Crippen molar-refractivity contribution in [3.63, 3.8) is 0 Å². The van der Waals surface area contributed by atoms with Gasteiger partial charge < -0.3 is 24.7 Å². The quantitative estimate of drug-likeness (QED) is 0.305. The van der Waals surface area contributed by atoms with Crippen LogP contribution in [0.25, 0.3) is 11.2 Å². The Balaban J connectivity index is 1.76. The number of nitrogens with two attached hydrogens (primary N) is 1. The Morgan fingerprint density at radius 2 is 2.11 bits per heavy atom. The standard InChI is InChI=1S/C17H20N5O4PS/c1-3-27(23,24)11-26-9-8-22-10-19-14-15(22)20-17(18)21-16(14)28-13-6-4-12(25-2)5-7-13/h3-7,10H,1,8-9,11H2,2H3,(H,23,24)(H2,18,20,21). The van der Waals surface area contributed by atoms with Gasteiger partial charge in [-0.3, -0.25) is 4.57 Å². The van der Waals surface area contributed by atoms with E-state index in [-0.39, 0.29) is 18.9 Å². The van der Waals surface area contributed by atoms with Gasteiger partial charge in [-0.2, -0.15) is 4.98 Å². The fourth-order valence-electron chi connectivity index (χ4n) is 2.34. The molecule has 1 aromatic carbocycles. The van der Waals surface area contributed by atoms with E-state index in [4.69, 9.17) is 15.2 Å². The maximum atomic E-state index is 11.5. The van der Waals surface area contributed by atoms with Gasteiger partial charge in [0.05, 0.1) is 20.0 Å².